The van der Waals surface area contributed by atoms with Gasteiger partial charge in [0.2, 0.25) is 0 Å². The molecule has 2 atom stereocenters. The number of nitro benzene ring substituents is 1. The molecule has 132 valence electrons. The van der Waals surface area contributed by atoms with E-state index in [-0.39, 0.29) is 5.69 Å². The fourth-order valence-electron chi connectivity index (χ4n) is 4.34. The van der Waals surface area contributed by atoms with Crippen molar-refractivity contribution in [1.82, 2.24) is 19.7 Å². The summed E-state index contributed by atoms with van der Waals surface area (Å²) in [5, 5.41) is 15.5. The maximum atomic E-state index is 10.9. The van der Waals surface area contributed by atoms with E-state index in [4.69, 9.17) is 0 Å². The molecule has 25 heavy (non-hydrogen) atoms. The molecule has 0 bridgehead atoms. The second-order valence-corrected chi connectivity index (χ2v) is 7.12. The number of hydrogen-bond acceptors (Lipinski definition) is 5. The molecule has 7 heteroatoms. The summed E-state index contributed by atoms with van der Waals surface area (Å²) in [5.41, 5.74) is 0.747. The van der Waals surface area contributed by atoms with Gasteiger partial charge in [-0.1, -0.05) is 25.0 Å². The van der Waals surface area contributed by atoms with Crippen LogP contribution in [0, 0.1) is 16.0 Å². The second-order valence-electron chi connectivity index (χ2n) is 7.12. The molecule has 0 N–H and O–H groups in total. The first-order valence-electron chi connectivity index (χ1n) is 9.09. The number of piperidine rings is 1. The van der Waals surface area contributed by atoms with E-state index in [1.165, 1.54) is 50.7 Å². The number of nitro groups is 1. The molecule has 1 aliphatic heterocycles. The van der Waals surface area contributed by atoms with Crippen LogP contribution < -0.4 is 0 Å². The summed E-state index contributed by atoms with van der Waals surface area (Å²) in [6, 6.07) is 7.17. The van der Waals surface area contributed by atoms with E-state index in [1.807, 2.05) is 10.7 Å². The van der Waals surface area contributed by atoms with Crippen LogP contribution >= 0.6 is 0 Å². The minimum absolute atomic E-state index is 0.0647. The molecule has 1 aromatic carbocycles. The van der Waals surface area contributed by atoms with Crippen LogP contribution in [0.2, 0.25) is 0 Å². The molecule has 2 heterocycles. The fraction of sp³-hybridized carbons (Fsp3) is 0.556. The molecule has 2 aromatic rings. The minimum Gasteiger partial charge on any atom is -0.281 e. The minimum atomic E-state index is -0.391. The number of aromatic nitrogens is 3. The summed E-state index contributed by atoms with van der Waals surface area (Å²) in [5.74, 6) is 1.38. The third-order valence-corrected chi connectivity index (χ3v) is 5.54. The summed E-state index contributed by atoms with van der Waals surface area (Å²) in [6.45, 7) is 1.87. The predicted molar refractivity (Wildman–Crippen MR) is 93.8 cm³/mol. The van der Waals surface area contributed by atoms with Crippen molar-refractivity contribution in [1.29, 1.82) is 0 Å². The van der Waals surface area contributed by atoms with Crippen LogP contribution in [0.4, 0.5) is 5.69 Å². The summed E-state index contributed by atoms with van der Waals surface area (Å²) < 4.78 is 1.87. The monoisotopic (exact) mass is 341 g/mol. The zero-order valence-electron chi connectivity index (χ0n) is 14.3. The van der Waals surface area contributed by atoms with Crippen LogP contribution in [-0.2, 0) is 6.67 Å². The molecule has 0 radical (unpaired) electrons. The van der Waals surface area contributed by atoms with E-state index in [9.17, 15) is 10.1 Å². The van der Waals surface area contributed by atoms with E-state index in [2.05, 4.69) is 15.0 Å². The zero-order chi connectivity index (χ0) is 17.2. The summed E-state index contributed by atoms with van der Waals surface area (Å²) in [7, 11) is 0. The van der Waals surface area contributed by atoms with Gasteiger partial charge in [-0.15, -0.1) is 5.10 Å². The van der Waals surface area contributed by atoms with E-state index in [0.29, 0.717) is 17.4 Å². The first kappa shape index (κ1) is 16.2. The van der Waals surface area contributed by atoms with E-state index in [1.54, 1.807) is 12.4 Å². The van der Waals surface area contributed by atoms with Crippen molar-refractivity contribution >= 4 is 5.69 Å². The third kappa shape index (κ3) is 3.42. The standard InChI is InChI=1S/C18H23N5O2/c24-23(25)16-8-3-6-15(11-16)18-19-12-22(20-18)13-21-10-4-7-14-5-1-2-9-17(14)21/h3,6,8,11-12,14,17H,1-2,4-5,7,9-10,13H2/t14-,17+/m0/s1. The average molecular weight is 341 g/mol. The van der Waals surface area contributed by atoms with Crippen molar-refractivity contribution in [3.8, 4) is 11.4 Å². The first-order chi connectivity index (χ1) is 12.2. The first-order valence-corrected chi connectivity index (χ1v) is 9.09. The number of nitrogens with zero attached hydrogens (tertiary/aromatic N) is 5. The highest BCUT2D eigenvalue weighted by molar-refractivity contribution is 5.58. The van der Waals surface area contributed by atoms with Crippen LogP contribution in [0.1, 0.15) is 38.5 Å². The Labute approximate surface area is 146 Å². The van der Waals surface area contributed by atoms with Gasteiger partial charge in [-0.2, -0.15) is 0 Å². The Bertz CT molecular complexity index is 757. The zero-order valence-corrected chi connectivity index (χ0v) is 14.3. The largest absolute Gasteiger partial charge is 0.281 e. The number of likely N-dealkylation sites (tertiary alicyclic amines) is 1. The average Bonchev–Trinajstić information content (AvgIpc) is 3.11. The van der Waals surface area contributed by atoms with Crippen molar-refractivity contribution in [2.24, 2.45) is 5.92 Å². The maximum Gasteiger partial charge on any atom is 0.270 e. The number of benzene rings is 1. The Kier molecular flexibility index (Phi) is 4.48. The lowest BCUT2D eigenvalue weighted by Crippen LogP contribution is -2.47. The normalized spacial score (nSPS) is 24.0. The van der Waals surface area contributed by atoms with E-state index in [0.717, 1.165) is 19.1 Å². The van der Waals surface area contributed by atoms with Gasteiger partial charge in [0.1, 0.15) is 6.33 Å². The van der Waals surface area contributed by atoms with Crippen LogP contribution in [0.25, 0.3) is 11.4 Å². The highest BCUT2D eigenvalue weighted by Crippen LogP contribution is 2.35. The van der Waals surface area contributed by atoms with Crippen molar-refractivity contribution in [3.05, 3.63) is 40.7 Å². The molecule has 2 aliphatic rings. The molecular weight excluding hydrogens is 318 g/mol. The van der Waals surface area contributed by atoms with Gasteiger partial charge < -0.3 is 0 Å². The van der Waals surface area contributed by atoms with Gasteiger partial charge in [0.05, 0.1) is 11.6 Å². The molecule has 2 fully saturated rings. The predicted octanol–water partition coefficient (Wildman–Crippen LogP) is 3.47. The SMILES string of the molecule is O=[N+]([O-])c1cccc(-c2ncn(CN3CCC[C@@H]4CCCC[C@H]43)n2)c1. The van der Waals surface area contributed by atoms with E-state index >= 15 is 0 Å². The maximum absolute atomic E-state index is 10.9. The summed E-state index contributed by atoms with van der Waals surface area (Å²) >= 11 is 0. The second kappa shape index (κ2) is 6.92. The van der Waals surface area contributed by atoms with E-state index < -0.39 is 4.92 Å². The van der Waals surface area contributed by atoms with Gasteiger partial charge in [-0.3, -0.25) is 15.0 Å². The number of non-ortho nitro benzene ring substituents is 1. The number of fused-ring (bicyclic) bond motifs is 1. The van der Waals surface area contributed by atoms with Gasteiger partial charge in [-0.25, -0.2) is 9.67 Å². The Morgan fingerprint density at radius 3 is 2.92 bits per heavy atom. The molecule has 7 nitrogen and oxygen atoms in total. The molecule has 1 saturated carbocycles. The van der Waals surface area contributed by atoms with Crippen molar-refractivity contribution in [3.63, 3.8) is 0 Å². The Morgan fingerprint density at radius 2 is 2.04 bits per heavy atom. The Morgan fingerprint density at radius 1 is 1.20 bits per heavy atom. The van der Waals surface area contributed by atoms with Gasteiger partial charge in [0, 0.05) is 30.3 Å². The lowest BCUT2D eigenvalue weighted by molar-refractivity contribution is -0.384. The quantitative estimate of drug-likeness (QED) is 0.628. The smallest absolute Gasteiger partial charge is 0.270 e. The van der Waals surface area contributed by atoms with Crippen LogP contribution in [-0.4, -0.2) is 37.2 Å². The summed E-state index contributed by atoms with van der Waals surface area (Å²) in [4.78, 5) is 17.4. The third-order valence-electron chi connectivity index (χ3n) is 5.54. The molecule has 0 spiro atoms. The summed E-state index contributed by atoms with van der Waals surface area (Å²) in [6.07, 6.45) is 9.70. The van der Waals surface area contributed by atoms with Crippen molar-refractivity contribution in [2.75, 3.05) is 6.54 Å². The highest BCUT2D eigenvalue weighted by Gasteiger charge is 2.33. The molecule has 1 aromatic heterocycles. The number of rotatable bonds is 4. The molecule has 0 unspecified atom stereocenters. The van der Waals surface area contributed by atoms with Crippen molar-refractivity contribution < 1.29 is 4.92 Å². The van der Waals surface area contributed by atoms with Crippen LogP contribution in [0.3, 0.4) is 0 Å². The van der Waals surface area contributed by atoms with Gasteiger partial charge in [-0.05, 0) is 31.6 Å². The molecular formula is C18H23N5O2. The topological polar surface area (TPSA) is 77.1 Å². The highest BCUT2D eigenvalue weighted by atomic mass is 16.6. The van der Waals surface area contributed by atoms with Crippen LogP contribution in [0.5, 0.6) is 0 Å². The number of hydrogen-bond donors (Lipinski definition) is 0. The Balaban J connectivity index is 1.49. The van der Waals surface area contributed by atoms with Crippen LogP contribution in [0.15, 0.2) is 30.6 Å². The Hall–Kier alpha value is -2.28. The molecule has 1 aliphatic carbocycles. The lowest BCUT2D eigenvalue weighted by atomic mass is 9.78. The molecule has 1 saturated heterocycles. The molecule has 0 amide bonds. The fourth-order valence-corrected chi connectivity index (χ4v) is 4.34. The van der Waals surface area contributed by atoms with Crippen molar-refractivity contribution in [2.45, 2.75) is 51.2 Å². The van der Waals surface area contributed by atoms with Gasteiger partial charge in [0.15, 0.2) is 5.82 Å². The van der Waals surface area contributed by atoms with Gasteiger partial charge >= 0.3 is 0 Å². The molecule has 4 rings (SSSR count). The van der Waals surface area contributed by atoms with Gasteiger partial charge in [0.25, 0.3) is 5.69 Å². The lowest BCUT2D eigenvalue weighted by Gasteiger charge is -2.43.